The number of ether oxygens (including phenoxy) is 1. The first-order valence-corrected chi connectivity index (χ1v) is 6.78. The highest BCUT2D eigenvalue weighted by atomic mass is 16.5. The van der Waals surface area contributed by atoms with E-state index in [1.54, 1.807) is 7.11 Å². The second kappa shape index (κ2) is 7.07. The fourth-order valence-corrected chi connectivity index (χ4v) is 2.46. The molecule has 0 aromatic carbocycles. The zero-order valence-corrected chi connectivity index (χ0v) is 12.0. The van der Waals surface area contributed by atoms with Gasteiger partial charge in [0.1, 0.15) is 0 Å². The molecule has 1 saturated carbocycles. The summed E-state index contributed by atoms with van der Waals surface area (Å²) in [5, 5.41) is 0. The minimum Gasteiger partial charge on any atom is -0.383 e. The Morgan fingerprint density at radius 2 is 2.06 bits per heavy atom. The summed E-state index contributed by atoms with van der Waals surface area (Å²) < 4.78 is 5.17. The molecule has 0 aliphatic heterocycles. The summed E-state index contributed by atoms with van der Waals surface area (Å²) in [5.41, 5.74) is 2.24. The molecule has 1 rings (SSSR count). The Kier molecular flexibility index (Phi) is 6.05. The summed E-state index contributed by atoms with van der Waals surface area (Å²) in [7, 11) is 1.71. The molecule has 0 saturated heterocycles. The van der Waals surface area contributed by atoms with Gasteiger partial charge in [-0.05, 0) is 32.6 Å². The van der Waals surface area contributed by atoms with Crippen molar-refractivity contribution >= 4 is 5.91 Å². The van der Waals surface area contributed by atoms with E-state index in [0.717, 1.165) is 12.5 Å². The molecule has 3 unspecified atom stereocenters. The van der Waals surface area contributed by atoms with Gasteiger partial charge in [-0.25, -0.2) is 5.84 Å². The average molecular weight is 257 g/mol. The Bertz CT molecular complexity index is 269. The molecular weight excluding hydrogens is 230 g/mol. The smallest absolute Gasteiger partial charge is 0.238 e. The van der Waals surface area contributed by atoms with E-state index < -0.39 is 0 Å². The van der Waals surface area contributed by atoms with Gasteiger partial charge in [0, 0.05) is 25.7 Å². The van der Waals surface area contributed by atoms with Crippen LogP contribution in [-0.2, 0) is 9.53 Å². The Balaban J connectivity index is 2.64. The van der Waals surface area contributed by atoms with Crippen LogP contribution in [0.4, 0.5) is 0 Å². The van der Waals surface area contributed by atoms with E-state index in [4.69, 9.17) is 10.6 Å². The number of nitrogens with two attached hydrogens (primary N) is 1. The lowest BCUT2D eigenvalue weighted by atomic mass is 9.98. The standard InChI is InChI=1S/C13H27N3O2/c1-9(13(17)15-14)10(2)16(7-8-18-4)11(3)12-5-6-12/h9-12H,5-8,14H2,1-4H3,(H,15,17). The van der Waals surface area contributed by atoms with Crippen molar-refractivity contribution in [3.8, 4) is 0 Å². The van der Waals surface area contributed by atoms with Crippen LogP contribution in [0.25, 0.3) is 0 Å². The van der Waals surface area contributed by atoms with Crippen LogP contribution >= 0.6 is 0 Å². The lowest BCUT2D eigenvalue weighted by Gasteiger charge is -2.37. The van der Waals surface area contributed by atoms with Gasteiger partial charge in [0.25, 0.3) is 0 Å². The SMILES string of the molecule is COCCN(C(C)C1CC1)C(C)C(C)C(=O)NN. The van der Waals surface area contributed by atoms with E-state index in [-0.39, 0.29) is 17.9 Å². The predicted molar refractivity (Wildman–Crippen MR) is 71.7 cm³/mol. The maximum atomic E-state index is 11.6. The van der Waals surface area contributed by atoms with Crippen molar-refractivity contribution in [1.82, 2.24) is 10.3 Å². The molecule has 0 spiro atoms. The molecular formula is C13H27N3O2. The Morgan fingerprint density at radius 3 is 2.50 bits per heavy atom. The Hall–Kier alpha value is -0.650. The van der Waals surface area contributed by atoms with Crippen LogP contribution in [0.5, 0.6) is 0 Å². The Labute approximate surface area is 110 Å². The Morgan fingerprint density at radius 1 is 1.44 bits per heavy atom. The summed E-state index contributed by atoms with van der Waals surface area (Å²) in [6, 6.07) is 0.669. The van der Waals surface area contributed by atoms with Crippen molar-refractivity contribution in [3.63, 3.8) is 0 Å². The largest absolute Gasteiger partial charge is 0.383 e. The fourth-order valence-electron chi connectivity index (χ4n) is 2.46. The number of carbonyl (C=O) groups excluding carboxylic acids is 1. The van der Waals surface area contributed by atoms with Crippen molar-refractivity contribution in [2.75, 3.05) is 20.3 Å². The highest BCUT2D eigenvalue weighted by Crippen LogP contribution is 2.36. The van der Waals surface area contributed by atoms with Crippen LogP contribution in [-0.4, -0.2) is 43.2 Å². The lowest BCUT2D eigenvalue weighted by molar-refractivity contribution is -0.127. The van der Waals surface area contributed by atoms with Crippen LogP contribution in [0, 0.1) is 11.8 Å². The zero-order valence-electron chi connectivity index (χ0n) is 12.0. The first-order chi connectivity index (χ1) is 8.52. The molecule has 3 N–H and O–H groups in total. The highest BCUT2D eigenvalue weighted by Gasteiger charge is 2.36. The minimum absolute atomic E-state index is 0.104. The second-order valence-electron chi connectivity index (χ2n) is 5.35. The molecule has 5 heteroatoms. The number of nitrogens with one attached hydrogen (secondary N) is 1. The third-order valence-corrected chi connectivity index (χ3v) is 4.18. The number of methoxy groups -OCH3 is 1. The molecule has 18 heavy (non-hydrogen) atoms. The fraction of sp³-hybridized carbons (Fsp3) is 0.923. The monoisotopic (exact) mass is 257 g/mol. The normalized spacial score (nSPS) is 20.6. The van der Waals surface area contributed by atoms with Crippen LogP contribution in [0.2, 0.25) is 0 Å². The first-order valence-electron chi connectivity index (χ1n) is 6.78. The summed E-state index contributed by atoms with van der Waals surface area (Å²) in [5.74, 6) is 5.77. The quantitative estimate of drug-likeness (QED) is 0.382. The molecule has 106 valence electrons. The van der Waals surface area contributed by atoms with E-state index >= 15 is 0 Å². The van der Waals surface area contributed by atoms with E-state index in [1.807, 2.05) is 6.92 Å². The van der Waals surface area contributed by atoms with Gasteiger partial charge in [-0.1, -0.05) is 6.92 Å². The van der Waals surface area contributed by atoms with E-state index in [2.05, 4.69) is 24.2 Å². The van der Waals surface area contributed by atoms with Crippen molar-refractivity contribution in [1.29, 1.82) is 0 Å². The number of rotatable bonds is 8. The van der Waals surface area contributed by atoms with E-state index in [9.17, 15) is 4.79 Å². The summed E-state index contributed by atoms with van der Waals surface area (Å²) in [6.07, 6.45) is 2.60. The van der Waals surface area contributed by atoms with Gasteiger partial charge in [0.2, 0.25) is 5.91 Å². The van der Waals surface area contributed by atoms with E-state index in [1.165, 1.54) is 12.8 Å². The van der Waals surface area contributed by atoms with Gasteiger partial charge in [-0.15, -0.1) is 0 Å². The maximum Gasteiger partial charge on any atom is 0.238 e. The van der Waals surface area contributed by atoms with Crippen molar-refractivity contribution in [2.24, 2.45) is 17.7 Å². The van der Waals surface area contributed by atoms with Gasteiger partial charge in [0.15, 0.2) is 0 Å². The lowest BCUT2D eigenvalue weighted by Crippen LogP contribution is -2.50. The maximum absolute atomic E-state index is 11.6. The number of nitrogens with zero attached hydrogens (tertiary/aromatic N) is 1. The zero-order chi connectivity index (χ0) is 13.7. The molecule has 0 heterocycles. The molecule has 1 aliphatic rings. The van der Waals surface area contributed by atoms with Crippen LogP contribution < -0.4 is 11.3 Å². The second-order valence-corrected chi connectivity index (χ2v) is 5.35. The topological polar surface area (TPSA) is 67.6 Å². The minimum atomic E-state index is -0.118. The first kappa shape index (κ1) is 15.4. The number of hydrogen-bond donors (Lipinski definition) is 2. The summed E-state index contributed by atoms with van der Waals surface area (Å²) in [6.45, 7) is 7.81. The van der Waals surface area contributed by atoms with E-state index in [0.29, 0.717) is 12.6 Å². The average Bonchev–Trinajstić information content (AvgIpc) is 3.20. The number of amides is 1. The number of carbonyl (C=O) groups is 1. The van der Waals surface area contributed by atoms with Gasteiger partial charge < -0.3 is 4.74 Å². The molecule has 0 aromatic rings. The molecule has 1 fully saturated rings. The summed E-state index contributed by atoms with van der Waals surface area (Å²) >= 11 is 0. The molecule has 0 aromatic heterocycles. The third-order valence-electron chi connectivity index (χ3n) is 4.18. The van der Waals surface area contributed by atoms with Crippen molar-refractivity contribution in [2.45, 2.75) is 45.7 Å². The van der Waals surface area contributed by atoms with Gasteiger partial charge >= 0.3 is 0 Å². The van der Waals surface area contributed by atoms with Crippen LogP contribution in [0.3, 0.4) is 0 Å². The molecule has 0 radical (unpaired) electrons. The molecule has 0 bridgehead atoms. The number of hydrogen-bond acceptors (Lipinski definition) is 4. The summed E-state index contributed by atoms with van der Waals surface area (Å²) in [4.78, 5) is 14.0. The van der Waals surface area contributed by atoms with Crippen molar-refractivity contribution in [3.05, 3.63) is 0 Å². The van der Waals surface area contributed by atoms with Crippen LogP contribution in [0.1, 0.15) is 33.6 Å². The number of hydrazine groups is 1. The van der Waals surface area contributed by atoms with Gasteiger partial charge in [0.05, 0.1) is 12.5 Å². The predicted octanol–water partition coefficient (Wildman–Crippen LogP) is 0.748. The van der Waals surface area contributed by atoms with Gasteiger partial charge in [-0.3, -0.25) is 15.1 Å². The van der Waals surface area contributed by atoms with Crippen molar-refractivity contribution < 1.29 is 9.53 Å². The molecule has 5 nitrogen and oxygen atoms in total. The third kappa shape index (κ3) is 3.93. The van der Waals surface area contributed by atoms with Gasteiger partial charge in [-0.2, -0.15) is 0 Å². The molecule has 1 aliphatic carbocycles. The highest BCUT2D eigenvalue weighted by molar-refractivity contribution is 5.78. The molecule has 1 amide bonds. The van der Waals surface area contributed by atoms with Crippen LogP contribution in [0.15, 0.2) is 0 Å². The molecule has 3 atom stereocenters.